The molecule has 4 rings (SSSR count). The van der Waals surface area contributed by atoms with Crippen molar-refractivity contribution in [2.45, 2.75) is 45.6 Å². The molecule has 1 aliphatic heterocycles. The summed E-state index contributed by atoms with van der Waals surface area (Å²) < 4.78 is 0. The number of ketones is 1. The van der Waals surface area contributed by atoms with Gasteiger partial charge in [-0.3, -0.25) is 19.2 Å². The van der Waals surface area contributed by atoms with E-state index in [9.17, 15) is 19.2 Å². The predicted molar refractivity (Wildman–Crippen MR) is 129 cm³/mol. The number of nitrogens with zero attached hydrogens (tertiary/aromatic N) is 2. The van der Waals surface area contributed by atoms with Gasteiger partial charge in [-0.1, -0.05) is 67.4 Å². The number of halogens is 2. The van der Waals surface area contributed by atoms with Gasteiger partial charge in [0.05, 0.1) is 22.4 Å². The average Bonchev–Trinajstić information content (AvgIpc) is 3.06. The summed E-state index contributed by atoms with van der Waals surface area (Å²) in [7, 11) is 0. The van der Waals surface area contributed by atoms with Crippen molar-refractivity contribution < 1.29 is 19.2 Å². The molecule has 8 heteroatoms. The van der Waals surface area contributed by atoms with E-state index >= 15 is 0 Å². The minimum Gasteiger partial charge on any atom is -0.292 e. The second kappa shape index (κ2) is 9.88. The molecule has 178 valence electrons. The Bertz CT molecular complexity index is 1140. The highest BCUT2D eigenvalue weighted by Gasteiger charge is 2.54. The van der Waals surface area contributed by atoms with Gasteiger partial charge in [-0.25, -0.2) is 5.01 Å². The topological polar surface area (TPSA) is 74.8 Å². The second-order valence-corrected chi connectivity index (χ2v) is 9.89. The smallest absolute Gasteiger partial charge is 0.275 e. The van der Waals surface area contributed by atoms with Crippen LogP contribution in [0, 0.1) is 17.8 Å². The molecule has 2 fully saturated rings. The molecule has 34 heavy (non-hydrogen) atoms. The first-order valence-electron chi connectivity index (χ1n) is 11.5. The van der Waals surface area contributed by atoms with Crippen molar-refractivity contribution in [3.05, 3.63) is 69.7 Å². The zero-order valence-corrected chi connectivity index (χ0v) is 20.6. The molecule has 0 aromatic heterocycles. The van der Waals surface area contributed by atoms with E-state index in [1.807, 2.05) is 0 Å². The minimum absolute atomic E-state index is 0.0641. The average molecular weight is 501 g/mol. The van der Waals surface area contributed by atoms with E-state index in [-0.39, 0.29) is 22.8 Å². The zero-order chi connectivity index (χ0) is 24.6. The van der Waals surface area contributed by atoms with Crippen LogP contribution in [0.4, 0.5) is 0 Å². The first kappa shape index (κ1) is 24.4. The molecule has 1 aliphatic carbocycles. The number of hydrazine groups is 1. The molecule has 0 N–H and O–H groups in total. The summed E-state index contributed by atoms with van der Waals surface area (Å²) in [5.41, 5.74) is 0.453. The van der Waals surface area contributed by atoms with Gasteiger partial charge in [-0.15, -0.1) is 0 Å². The Balaban J connectivity index is 1.81. The molecule has 2 aliphatic rings. The SMILES string of the molecule is CC[C@H](C(=O)c1ccccc1)N(C(=O)c1ccc(Cl)cc1Cl)N1C(=O)[C@@H]2CC[C@H](C)C[C@H]2C1=O. The fourth-order valence-electron chi connectivity index (χ4n) is 5.01. The quantitative estimate of drug-likeness (QED) is 0.391. The van der Waals surface area contributed by atoms with Gasteiger partial charge in [0.25, 0.3) is 17.7 Å². The summed E-state index contributed by atoms with van der Waals surface area (Å²) in [5.74, 6) is -2.57. The van der Waals surface area contributed by atoms with Crippen molar-refractivity contribution in [3.8, 4) is 0 Å². The van der Waals surface area contributed by atoms with Gasteiger partial charge in [-0.05, 0) is 49.8 Å². The molecular formula is C26H26Cl2N2O4. The molecule has 2 aromatic carbocycles. The first-order chi connectivity index (χ1) is 16.2. The van der Waals surface area contributed by atoms with Crippen molar-refractivity contribution >= 4 is 46.7 Å². The Kier molecular flexibility index (Phi) is 7.10. The molecule has 1 heterocycles. The van der Waals surface area contributed by atoms with Crippen LogP contribution in [0.2, 0.25) is 10.0 Å². The molecule has 1 saturated carbocycles. The molecule has 6 nitrogen and oxygen atoms in total. The lowest BCUT2D eigenvalue weighted by atomic mass is 9.76. The number of hydrogen-bond acceptors (Lipinski definition) is 4. The number of Topliss-reactive ketones (excluding diaryl/α,β-unsaturated/α-hetero) is 1. The van der Waals surface area contributed by atoms with Crippen molar-refractivity contribution in [1.82, 2.24) is 10.0 Å². The van der Waals surface area contributed by atoms with Crippen molar-refractivity contribution in [3.63, 3.8) is 0 Å². The van der Waals surface area contributed by atoms with Crippen molar-refractivity contribution in [1.29, 1.82) is 0 Å². The normalized spacial score (nSPS) is 22.9. The summed E-state index contributed by atoms with van der Waals surface area (Å²) in [4.78, 5) is 54.4. The van der Waals surface area contributed by atoms with Gasteiger partial charge in [-0.2, -0.15) is 5.01 Å². The molecule has 0 spiro atoms. The van der Waals surface area contributed by atoms with E-state index in [4.69, 9.17) is 23.2 Å². The minimum atomic E-state index is -1.06. The molecular weight excluding hydrogens is 475 g/mol. The van der Waals surface area contributed by atoms with Gasteiger partial charge >= 0.3 is 0 Å². The molecule has 0 bridgehead atoms. The van der Waals surface area contributed by atoms with Crippen molar-refractivity contribution in [2.75, 3.05) is 0 Å². The van der Waals surface area contributed by atoms with Gasteiger partial charge in [0.15, 0.2) is 5.78 Å². The summed E-state index contributed by atoms with van der Waals surface area (Å²) >= 11 is 12.3. The predicted octanol–water partition coefficient (Wildman–Crippen LogP) is 5.43. The third-order valence-corrected chi connectivity index (χ3v) is 7.34. The van der Waals surface area contributed by atoms with Crippen molar-refractivity contribution in [2.24, 2.45) is 17.8 Å². The maximum absolute atomic E-state index is 13.9. The Morgan fingerprint density at radius 3 is 2.35 bits per heavy atom. The zero-order valence-electron chi connectivity index (χ0n) is 19.0. The largest absolute Gasteiger partial charge is 0.292 e. The molecule has 0 radical (unpaired) electrons. The highest BCUT2D eigenvalue weighted by atomic mass is 35.5. The van der Waals surface area contributed by atoms with Crippen LogP contribution < -0.4 is 0 Å². The molecule has 3 amide bonds. The van der Waals surface area contributed by atoms with Crippen LogP contribution >= 0.6 is 23.2 Å². The Morgan fingerprint density at radius 1 is 1.03 bits per heavy atom. The van der Waals surface area contributed by atoms with Gasteiger partial charge in [0, 0.05) is 10.6 Å². The fraction of sp³-hybridized carbons (Fsp3) is 0.385. The number of benzene rings is 2. The summed E-state index contributed by atoms with van der Waals surface area (Å²) in [6, 6.07) is 11.8. The lowest BCUT2D eigenvalue weighted by molar-refractivity contribution is -0.156. The van der Waals surface area contributed by atoms with Crippen LogP contribution in [0.3, 0.4) is 0 Å². The van der Waals surface area contributed by atoms with E-state index in [1.54, 1.807) is 37.3 Å². The Hall–Kier alpha value is -2.70. The number of imide groups is 1. The van der Waals surface area contributed by atoms with E-state index in [0.29, 0.717) is 29.3 Å². The van der Waals surface area contributed by atoms with E-state index in [1.165, 1.54) is 18.2 Å². The number of hydrogen-bond donors (Lipinski definition) is 0. The third kappa shape index (κ3) is 4.37. The number of carbonyl (C=O) groups is 4. The van der Waals surface area contributed by atoms with Crippen LogP contribution in [0.25, 0.3) is 0 Å². The van der Waals surface area contributed by atoms with Gasteiger partial charge < -0.3 is 0 Å². The maximum Gasteiger partial charge on any atom is 0.275 e. The van der Waals surface area contributed by atoms with E-state index in [0.717, 1.165) is 16.4 Å². The third-order valence-electron chi connectivity index (χ3n) is 6.79. The fourth-order valence-corrected chi connectivity index (χ4v) is 5.50. The van der Waals surface area contributed by atoms with Crippen LogP contribution in [0.5, 0.6) is 0 Å². The van der Waals surface area contributed by atoms with Crippen LogP contribution in [0.15, 0.2) is 48.5 Å². The number of carbonyl (C=O) groups excluding carboxylic acids is 4. The summed E-state index contributed by atoms with van der Waals surface area (Å²) in [6.07, 6.45) is 2.21. The van der Waals surface area contributed by atoms with E-state index < -0.39 is 35.6 Å². The van der Waals surface area contributed by atoms with Gasteiger partial charge in [0.2, 0.25) is 0 Å². The summed E-state index contributed by atoms with van der Waals surface area (Å²) in [6.45, 7) is 3.80. The number of rotatable bonds is 6. The maximum atomic E-state index is 13.9. The highest BCUT2D eigenvalue weighted by Crippen LogP contribution is 2.42. The second-order valence-electron chi connectivity index (χ2n) is 9.05. The molecule has 1 saturated heterocycles. The Labute approximate surface area is 208 Å². The Morgan fingerprint density at radius 2 is 1.71 bits per heavy atom. The molecule has 4 atom stereocenters. The lowest BCUT2D eigenvalue weighted by Crippen LogP contribution is -2.57. The monoisotopic (exact) mass is 500 g/mol. The standard InChI is InChI=1S/C26H26Cl2N2O4/c1-3-22(23(31)16-7-5-4-6-8-16)29(25(33)19-12-10-17(27)14-21(19)28)30-24(32)18-11-9-15(2)13-20(18)26(30)34/h4-8,10,12,14-15,18,20,22H,3,9,11,13H2,1-2H3/t15-,18+,20+,22+/m0/s1. The van der Waals surface area contributed by atoms with Crippen LogP contribution in [-0.4, -0.2) is 39.6 Å². The lowest BCUT2D eigenvalue weighted by Gasteiger charge is -2.36. The number of fused-ring (bicyclic) bond motifs is 1. The van der Waals surface area contributed by atoms with Crippen LogP contribution in [0.1, 0.15) is 60.2 Å². The van der Waals surface area contributed by atoms with E-state index in [2.05, 4.69) is 6.92 Å². The van der Waals surface area contributed by atoms with Crippen LogP contribution in [-0.2, 0) is 9.59 Å². The first-order valence-corrected chi connectivity index (χ1v) is 12.3. The molecule has 0 unspecified atom stereocenters. The highest BCUT2D eigenvalue weighted by molar-refractivity contribution is 6.36. The van der Waals surface area contributed by atoms with Gasteiger partial charge in [0.1, 0.15) is 6.04 Å². The number of amides is 3. The summed E-state index contributed by atoms with van der Waals surface area (Å²) in [5, 5.41) is 2.39. The molecule has 2 aromatic rings.